The van der Waals surface area contributed by atoms with Crippen LogP contribution >= 0.6 is 0 Å². The van der Waals surface area contributed by atoms with E-state index < -0.39 is 29.4 Å². The van der Waals surface area contributed by atoms with Crippen molar-refractivity contribution in [2.75, 3.05) is 70.3 Å². The lowest BCUT2D eigenvalue weighted by molar-refractivity contribution is 0.107. The molecule has 2 N–H and O–H groups in total. The molecule has 6 aromatic heterocycles. The Bertz CT molecular complexity index is 4630. The van der Waals surface area contributed by atoms with Crippen LogP contribution in [0.1, 0.15) is 86.0 Å². The molecule has 5 aliphatic heterocycles. The molecule has 474 valence electrons. The maximum absolute atomic E-state index is 14.9. The van der Waals surface area contributed by atoms with Gasteiger partial charge in [-0.25, -0.2) is 37.7 Å². The van der Waals surface area contributed by atoms with E-state index in [0.29, 0.717) is 106 Å². The number of nitrogens with zero attached hydrogens (tertiary/aromatic N) is 11. The molecular formula is C70H70F3N11O8. The zero-order valence-electron chi connectivity index (χ0n) is 52.3. The summed E-state index contributed by atoms with van der Waals surface area (Å²) in [4.78, 5) is 66.2. The van der Waals surface area contributed by atoms with Crippen molar-refractivity contribution in [2.45, 2.75) is 103 Å². The fourth-order valence-corrected chi connectivity index (χ4v) is 13.6. The number of aryl methyl sites for hydroxylation is 2. The van der Waals surface area contributed by atoms with Gasteiger partial charge in [-0.05, 0) is 124 Å². The number of alkyl halides is 2. The van der Waals surface area contributed by atoms with Gasteiger partial charge in [-0.15, -0.1) is 0 Å². The number of methoxy groups -OCH3 is 1. The fourth-order valence-electron chi connectivity index (χ4n) is 13.6. The van der Waals surface area contributed by atoms with Gasteiger partial charge in [0, 0.05) is 116 Å². The standard InChI is InChI=1S/C35H32FN5O4.C26H20FN5O4.C7H12FN.C2H6/c1-21-30-29(32(40(2)3)39-34(38-30)44-20-35-13-7-15-41(35)19-24(36)18-35)33(43)45-31(21)27-17-26(42)16-23-9-6-8-22(28(23)27)11-12-25-10-4-5-14-37-25;1-13-22-21(24(31-26(30-22)35-2)32-7-6-19-15(11-32)10-28-12-29-19)25(34)36-23(13)17-9-16(33)8-14-4-3-5-18(27)20(14)17;8-6-4-7-2-1-3-9(7)5-6;1-2/h4-6,8-10,14,16-17,24,42H,7,13,15,18-20H2,1-3H3;3-5,8-10,12,33H,6-7,11H2,1-2H3;6-7H,1-5H2;1-2H3/t24?,35-;;;/m0.../s1. The van der Waals surface area contributed by atoms with E-state index in [1.165, 1.54) is 44.5 Å². The Morgan fingerprint density at radius 3 is 2.18 bits per heavy atom. The molecule has 3 unspecified atom stereocenters. The van der Waals surface area contributed by atoms with Gasteiger partial charge in [0.25, 0.3) is 0 Å². The van der Waals surface area contributed by atoms with Crippen LogP contribution in [0.2, 0.25) is 0 Å². The van der Waals surface area contributed by atoms with Crippen LogP contribution in [0.25, 0.3) is 66.0 Å². The molecule has 92 heavy (non-hydrogen) atoms. The van der Waals surface area contributed by atoms with Gasteiger partial charge >= 0.3 is 23.3 Å². The van der Waals surface area contributed by atoms with Crippen LogP contribution in [-0.4, -0.2) is 139 Å². The minimum absolute atomic E-state index is 0.0123. The first-order valence-electron chi connectivity index (χ1n) is 31.0. The number of rotatable bonds is 8. The van der Waals surface area contributed by atoms with Gasteiger partial charge in [-0.2, -0.15) is 19.9 Å². The van der Waals surface area contributed by atoms with E-state index in [0.717, 1.165) is 49.0 Å². The lowest BCUT2D eigenvalue weighted by Crippen LogP contribution is -2.43. The second-order valence-electron chi connectivity index (χ2n) is 23.7. The summed E-state index contributed by atoms with van der Waals surface area (Å²) in [5, 5.41) is 23.6. The molecule has 10 aromatic rings. The Kier molecular flexibility index (Phi) is 17.8. The molecule has 15 rings (SSSR count). The molecule has 0 aliphatic carbocycles. The largest absolute Gasteiger partial charge is 0.508 e. The molecular weight excluding hydrogens is 1180 g/mol. The Morgan fingerprint density at radius 1 is 0.761 bits per heavy atom. The number of anilines is 2. The Balaban J connectivity index is 0.000000154. The van der Waals surface area contributed by atoms with E-state index >= 15 is 0 Å². The van der Waals surface area contributed by atoms with Crippen molar-refractivity contribution in [1.29, 1.82) is 0 Å². The smallest absolute Gasteiger partial charge is 0.349 e. The first-order valence-corrected chi connectivity index (χ1v) is 31.0. The maximum atomic E-state index is 14.9. The SMILES string of the molecule is CC.COc1nc(N2CCc3ncncc3C2)c2c(=O)oc(-c3cc(O)cc4cccc(F)c34)c(C)c2n1.Cc1c(-c2cc(O)cc3cccc(C#Cc4ccccn4)c23)oc(=O)c2c(N(C)C)nc(OC[C@@]34CCCN3CC(F)C4)nc12.FC1CC2CCCN2C1. The van der Waals surface area contributed by atoms with Crippen molar-refractivity contribution in [2.24, 2.45) is 0 Å². The number of phenolic OH excluding ortho intramolecular Hbond substituents is 2. The van der Waals surface area contributed by atoms with Crippen LogP contribution < -0.4 is 30.5 Å². The number of phenols is 2. The summed E-state index contributed by atoms with van der Waals surface area (Å²) < 4.78 is 65.3. The molecule has 22 heteroatoms. The van der Waals surface area contributed by atoms with E-state index in [2.05, 4.69) is 51.5 Å². The normalized spacial score (nSPS) is 19.0. The number of fused-ring (bicyclic) bond motifs is 7. The van der Waals surface area contributed by atoms with Gasteiger partial charge in [-0.3, -0.25) is 9.80 Å². The van der Waals surface area contributed by atoms with Crippen molar-refractivity contribution in [3.8, 4) is 58.0 Å². The third kappa shape index (κ3) is 12.2. The minimum atomic E-state index is -0.881. The highest BCUT2D eigenvalue weighted by Crippen LogP contribution is 2.43. The quantitative estimate of drug-likeness (QED) is 0.135. The summed E-state index contributed by atoms with van der Waals surface area (Å²) in [6.45, 7) is 12.0. The van der Waals surface area contributed by atoms with Crippen LogP contribution in [0.4, 0.5) is 24.8 Å². The predicted molar refractivity (Wildman–Crippen MR) is 347 cm³/mol. The first-order chi connectivity index (χ1) is 44.5. The van der Waals surface area contributed by atoms with Crippen LogP contribution in [0.3, 0.4) is 0 Å². The Labute approximate surface area is 528 Å². The molecule has 19 nitrogen and oxygen atoms in total. The molecule has 0 saturated carbocycles. The number of hydrogen-bond donors (Lipinski definition) is 2. The van der Waals surface area contributed by atoms with Gasteiger partial charge < -0.3 is 38.3 Å². The average Bonchev–Trinajstić information content (AvgIpc) is 1.75. The Hall–Kier alpha value is -9.72. The second kappa shape index (κ2) is 26.2. The van der Waals surface area contributed by atoms with E-state index in [9.17, 15) is 33.0 Å². The molecule has 4 atom stereocenters. The molecule has 4 saturated heterocycles. The van der Waals surface area contributed by atoms with Crippen molar-refractivity contribution in [1.82, 2.24) is 44.7 Å². The lowest BCUT2D eigenvalue weighted by atomic mass is 9.95. The first kappa shape index (κ1) is 62.5. The number of halogens is 3. The zero-order valence-corrected chi connectivity index (χ0v) is 52.3. The van der Waals surface area contributed by atoms with Gasteiger partial charge in [0.05, 0.1) is 29.4 Å². The molecule has 0 bridgehead atoms. The summed E-state index contributed by atoms with van der Waals surface area (Å²) >= 11 is 0. The summed E-state index contributed by atoms with van der Waals surface area (Å²) in [6.07, 6.45) is 9.81. The molecule has 4 aromatic carbocycles. The minimum Gasteiger partial charge on any atom is -0.508 e. The van der Waals surface area contributed by atoms with Crippen molar-refractivity contribution in [3.05, 3.63) is 158 Å². The number of hydrogen-bond acceptors (Lipinski definition) is 19. The highest BCUT2D eigenvalue weighted by Gasteiger charge is 2.49. The number of ether oxygens (including phenoxy) is 2. The number of benzene rings is 4. The van der Waals surface area contributed by atoms with E-state index in [4.69, 9.17) is 23.3 Å². The zero-order chi connectivity index (χ0) is 64.5. The van der Waals surface area contributed by atoms with Crippen LogP contribution in [0.5, 0.6) is 23.5 Å². The van der Waals surface area contributed by atoms with Gasteiger partial charge in [-0.1, -0.05) is 50.1 Å². The van der Waals surface area contributed by atoms with Gasteiger partial charge in [0.2, 0.25) is 0 Å². The van der Waals surface area contributed by atoms with E-state index in [1.807, 2.05) is 62.1 Å². The van der Waals surface area contributed by atoms with Crippen molar-refractivity contribution < 1.29 is 41.7 Å². The monoisotopic (exact) mass is 1250 g/mol. The average molecular weight is 1250 g/mol. The number of aromatic hydroxyl groups is 2. The van der Waals surface area contributed by atoms with Crippen LogP contribution in [0, 0.1) is 31.5 Å². The van der Waals surface area contributed by atoms with Crippen LogP contribution in [-0.2, 0) is 13.0 Å². The van der Waals surface area contributed by atoms with Crippen molar-refractivity contribution in [3.63, 3.8) is 0 Å². The molecule has 11 heterocycles. The van der Waals surface area contributed by atoms with E-state index in [-0.39, 0.29) is 68.9 Å². The molecule has 0 radical (unpaired) electrons. The van der Waals surface area contributed by atoms with Gasteiger partial charge in [0.15, 0.2) is 11.6 Å². The fraction of sp³-hybridized carbons (Fsp3) is 0.357. The molecule has 0 spiro atoms. The summed E-state index contributed by atoms with van der Waals surface area (Å²) in [5.74, 6) is 6.84. The highest BCUT2D eigenvalue weighted by molar-refractivity contribution is 6.04. The third-order valence-corrected chi connectivity index (χ3v) is 17.7. The molecule has 4 fully saturated rings. The van der Waals surface area contributed by atoms with Crippen molar-refractivity contribution >= 4 is 55.0 Å². The number of pyridine rings is 1. The second-order valence-corrected chi connectivity index (χ2v) is 23.7. The van der Waals surface area contributed by atoms with Crippen LogP contribution in [0.15, 0.2) is 116 Å². The van der Waals surface area contributed by atoms with Gasteiger partial charge in [0.1, 0.15) is 70.6 Å². The predicted octanol–water partition coefficient (Wildman–Crippen LogP) is 11.4. The summed E-state index contributed by atoms with van der Waals surface area (Å²) in [7, 11) is 5.02. The highest BCUT2D eigenvalue weighted by atomic mass is 19.1. The third-order valence-electron chi connectivity index (χ3n) is 17.7. The van der Waals surface area contributed by atoms with E-state index in [1.54, 1.807) is 62.6 Å². The topological polar surface area (TPSA) is 223 Å². The Morgan fingerprint density at radius 2 is 1.47 bits per heavy atom. The summed E-state index contributed by atoms with van der Waals surface area (Å²) in [5.41, 5.74) is 4.03. The molecule has 0 amide bonds. The number of aromatic nitrogens is 7. The molecule has 5 aliphatic rings. The summed E-state index contributed by atoms with van der Waals surface area (Å²) in [6, 6.07) is 22.5. The maximum Gasteiger partial charge on any atom is 0.349 e. The lowest BCUT2D eigenvalue weighted by Gasteiger charge is -2.30.